The molecule has 0 N–H and O–H groups in total. The van der Waals surface area contributed by atoms with Gasteiger partial charge in [0.2, 0.25) is 0 Å². The molecular weight excluding hydrogens is 196 g/mol. The number of hydrogen-bond donors (Lipinski definition) is 0. The van der Waals surface area contributed by atoms with Gasteiger partial charge in [-0.1, -0.05) is 42.5 Å². The molecule has 16 heavy (non-hydrogen) atoms. The van der Waals surface area contributed by atoms with Crippen LogP contribution in [0.3, 0.4) is 0 Å². The summed E-state index contributed by atoms with van der Waals surface area (Å²) in [5.41, 5.74) is 0.843. The van der Waals surface area contributed by atoms with Gasteiger partial charge >= 0.3 is 0 Å². The van der Waals surface area contributed by atoms with Crippen LogP contribution in [0.5, 0.6) is 5.75 Å². The Labute approximate surface area is 96.7 Å². The highest BCUT2D eigenvalue weighted by molar-refractivity contribution is 5.26. The normalized spacial score (nSPS) is 11.1. The lowest BCUT2D eigenvalue weighted by Gasteiger charge is -2.27. The van der Waals surface area contributed by atoms with Crippen LogP contribution < -0.4 is 4.74 Å². The Bertz CT molecular complexity index is 432. The van der Waals surface area contributed by atoms with Gasteiger partial charge in [0.15, 0.2) is 0 Å². The van der Waals surface area contributed by atoms with Gasteiger partial charge in [0.1, 0.15) is 11.4 Å². The van der Waals surface area contributed by atoms with Crippen molar-refractivity contribution in [2.24, 2.45) is 0 Å². The molecule has 0 heterocycles. The molecule has 0 unspecified atom stereocenters. The topological polar surface area (TPSA) is 9.23 Å². The van der Waals surface area contributed by atoms with Crippen molar-refractivity contribution in [3.63, 3.8) is 0 Å². The predicted octanol–water partition coefficient (Wildman–Crippen LogP) is 3.80. The number of hydrogen-bond acceptors (Lipinski definition) is 1. The monoisotopic (exact) mass is 211 g/mol. The molecular formula is C15H15O. The molecule has 0 fully saturated rings. The van der Waals surface area contributed by atoms with Crippen LogP contribution in [0.1, 0.15) is 19.4 Å². The Morgan fingerprint density at radius 3 is 2.38 bits per heavy atom. The lowest BCUT2D eigenvalue weighted by Crippen LogP contribution is -2.25. The summed E-state index contributed by atoms with van der Waals surface area (Å²) in [6, 6.07) is 20.8. The highest BCUT2D eigenvalue weighted by Crippen LogP contribution is 2.26. The minimum absolute atomic E-state index is 0.323. The molecule has 0 spiro atoms. The minimum atomic E-state index is -0.323. The average Bonchev–Trinajstić information content (AvgIpc) is 2.31. The first-order chi connectivity index (χ1) is 7.68. The molecule has 0 aliphatic rings. The zero-order valence-electron chi connectivity index (χ0n) is 9.60. The average molecular weight is 211 g/mol. The zero-order valence-corrected chi connectivity index (χ0v) is 9.60. The van der Waals surface area contributed by atoms with Crippen molar-refractivity contribution in [2.45, 2.75) is 19.4 Å². The molecule has 0 saturated carbocycles. The van der Waals surface area contributed by atoms with E-state index in [1.165, 1.54) is 5.56 Å². The molecule has 1 heteroatoms. The van der Waals surface area contributed by atoms with Crippen molar-refractivity contribution in [1.82, 2.24) is 0 Å². The molecule has 2 rings (SSSR count). The van der Waals surface area contributed by atoms with Crippen molar-refractivity contribution < 1.29 is 4.74 Å². The Hall–Kier alpha value is -1.76. The van der Waals surface area contributed by atoms with Crippen LogP contribution in [-0.2, 0) is 5.60 Å². The van der Waals surface area contributed by atoms with Crippen LogP contribution >= 0.6 is 0 Å². The maximum Gasteiger partial charge on any atom is 0.128 e. The second-order valence-electron chi connectivity index (χ2n) is 4.22. The van der Waals surface area contributed by atoms with Crippen LogP contribution in [0.2, 0.25) is 0 Å². The molecule has 0 aromatic heterocycles. The molecule has 2 aromatic carbocycles. The van der Waals surface area contributed by atoms with E-state index in [1.54, 1.807) is 0 Å². The van der Waals surface area contributed by atoms with E-state index in [2.05, 4.69) is 32.0 Å². The molecule has 1 radical (unpaired) electrons. The van der Waals surface area contributed by atoms with Gasteiger partial charge in [-0.15, -0.1) is 0 Å². The van der Waals surface area contributed by atoms with Crippen LogP contribution in [0.15, 0.2) is 54.6 Å². The van der Waals surface area contributed by atoms with Crippen LogP contribution in [0, 0.1) is 6.07 Å². The lowest BCUT2D eigenvalue weighted by atomic mass is 9.98. The first kappa shape index (κ1) is 10.7. The smallest absolute Gasteiger partial charge is 0.128 e. The molecule has 0 aliphatic carbocycles. The zero-order chi connectivity index (χ0) is 11.4. The SMILES string of the molecule is CC(C)(Oc1c[c]ccc1)c1ccccc1. The van der Waals surface area contributed by atoms with Gasteiger partial charge in [-0.25, -0.2) is 0 Å². The molecule has 2 aromatic rings. The first-order valence-electron chi connectivity index (χ1n) is 5.39. The Kier molecular flexibility index (Phi) is 2.95. The van der Waals surface area contributed by atoms with E-state index in [-0.39, 0.29) is 5.60 Å². The molecule has 0 bridgehead atoms. The maximum atomic E-state index is 5.96. The molecule has 0 saturated heterocycles. The van der Waals surface area contributed by atoms with E-state index in [0.29, 0.717) is 0 Å². The van der Waals surface area contributed by atoms with Crippen LogP contribution in [-0.4, -0.2) is 0 Å². The second kappa shape index (κ2) is 4.40. The van der Waals surface area contributed by atoms with Gasteiger partial charge in [-0.3, -0.25) is 0 Å². The summed E-state index contributed by atoms with van der Waals surface area (Å²) in [5, 5.41) is 0. The van der Waals surface area contributed by atoms with E-state index in [4.69, 9.17) is 4.74 Å². The highest BCUT2D eigenvalue weighted by atomic mass is 16.5. The van der Waals surface area contributed by atoms with Gasteiger partial charge in [0.05, 0.1) is 0 Å². The van der Waals surface area contributed by atoms with Gasteiger partial charge < -0.3 is 4.74 Å². The molecule has 81 valence electrons. The largest absolute Gasteiger partial charge is 0.483 e. The van der Waals surface area contributed by atoms with E-state index in [0.717, 1.165) is 5.75 Å². The summed E-state index contributed by atoms with van der Waals surface area (Å²) in [7, 11) is 0. The minimum Gasteiger partial charge on any atom is -0.483 e. The Balaban J connectivity index is 2.21. The van der Waals surface area contributed by atoms with Gasteiger partial charge in [0, 0.05) is 0 Å². The van der Waals surface area contributed by atoms with Crippen molar-refractivity contribution in [3.8, 4) is 5.75 Å². The first-order valence-corrected chi connectivity index (χ1v) is 5.39. The standard InChI is InChI=1S/C15H15O/c1-15(2,13-9-5-3-6-10-13)16-14-11-7-4-8-12-14/h3-7,9-12H,1-2H3. The fraction of sp³-hybridized carbons (Fsp3) is 0.200. The summed E-state index contributed by atoms with van der Waals surface area (Å²) in [6.45, 7) is 4.13. The fourth-order valence-electron chi connectivity index (χ4n) is 1.63. The molecule has 0 amide bonds. The maximum absolute atomic E-state index is 5.96. The summed E-state index contributed by atoms with van der Waals surface area (Å²) < 4.78 is 5.96. The predicted molar refractivity (Wildman–Crippen MR) is 65.4 cm³/mol. The molecule has 1 nitrogen and oxygen atoms in total. The van der Waals surface area contributed by atoms with Crippen molar-refractivity contribution in [3.05, 3.63) is 66.2 Å². The summed E-state index contributed by atoms with van der Waals surface area (Å²) in [6.07, 6.45) is 0. The number of ether oxygens (including phenoxy) is 1. The highest BCUT2D eigenvalue weighted by Gasteiger charge is 2.21. The second-order valence-corrected chi connectivity index (χ2v) is 4.22. The lowest BCUT2D eigenvalue weighted by molar-refractivity contribution is 0.109. The Morgan fingerprint density at radius 2 is 1.75 bits per heavy atom. The van der Waals surface area contributed by atoms with Crippen molar-refractivity contribution in [2.75, 3.05) is 0 Å². The Morgan fingerprint density at radius 1 is 1.00 bits per heavy atom. The van der Waals surface area contributed by atoms with Crippen molar-refractivity contribution >= 4 is 0 Å². The van der Waals surface area contributed by atoms with Crippen molar-refractivity contribution in [1.29, 1.82) is 0 Å². The third-order valence-electron chi connectivity index (χ3n) is 2.52. The molecule has 0 atom stereocenters. The van der Waals surface area contributed by atoms with E-state index >= 15 is 0 Å². The third-order valence-corrected chi connectivity index (χ3v) is 2.52. The number of benzene rings is 2. The summed E-state index contributed by atoms with van der Waals surface area (Å²) >= 11 is 0. The number of rotatable bonds is 3. The molecule has 0 aliphatic heterocycles. The third kappa shape index (κ3) is 2.43. The van der Waals surface area contributed by atoms with E-state index in [9.17, 15) is 0 Å². The quantitative estimate of drug-likeness (QED) is 0.750. The van der Waals surface area contributed by atoms with E-state index in [1.807, 2.05) is 42.5 Å². The summed E-state index contributed by atoms with van der Waals surface area (Å²) in [5.74, 6) is 0.844. The van der Waals surface area contributed by atoms with Gasteiger partial charge in [-0.05, 0) is 37.6 Å². The van der Waals surface area contributed by atoms with E-state index < -0.39 is 0 Å². The van der Waals surface area contributed by atoms with Crippen LogP contribution in [0.25, 0.3) is 0 Å². The van der Waals surface area contributed by atoms with Gasteiger partial charge in [0.25, 0.3) is 0 Å². The summed E-state index contributed by atoms with van der Waals surface area (Å²) in [4.78, 5) is 0. The fourth-order valence-corrected chi connectivity index (χ4v) is 1.63. The van der Waals surface area contributed by atoms with Crippen LogP contribution in [0.4, 0.5) is 0 Å². The van der Waals surface area contributed by atoms with Gasteiger partial charge in [-0.2, -0.15) is 0 Å².